The number of nitrogens with zero attached hydrogens (tertiary/aromatic N) is 2. The monoisotopic (exact) mass is 397 g/mol. The van der Waals surface area contributed by atoms with Crippen LogP contribution in [-0.2, 0) is 13.6 Å². The number of imidazole rings is 1. The second kappa shape index (κ2) is 5.99. The molecule has 4 nitrogen and oxygen atoms in total. The average Bonchev–Trinajstić information content (AvgIpc) is 3.29. The van der Waals surface area contributed by atoms with Crippen molar-refractivity contribution in [2.24, 2.45) is 13.0 Å². The highest BCUT2D eigenvalue weighted by Gasteiger charge is 2.36. The summed E-state index contributed by atoms with van der Waals surface area (Å²) in [5, 5.41) is 8.49. The summed E-state index contributed by atoms with van der Waals surface area (Å²) < 4.78 is 4.67. The molecule has 1 aliphatic rings. The summed E-state index contributed by atoms with van der Waals surface area (Å²) >= 11 is 3.39. The highest BCUT2D eigenvalue weighted by molar-refractivity contribution is 9.10. The molecule has 5 heteroatoms. The molecule has 0 spiro atoms. The van der Waals surface area contributed by atoms with Gasteiger partial charge in [0.05, 0.1) is 17.6 Å². The number of rotatable bonds is 4. The molecule has 1 heterocycles. The first kappa shape index (κ1) is 16.3. The smallest absolute Gasteiger partial charge is 0.203 e. The third-order valence-corrected chi connectivity index (χ3v) is 5.75. The van der Waals surface area contributed by atoms with Crippen LogP contribution in [-0.4, -0.2) is 14.9 Å². The van der Waals surface area contributed by atoms with Gasteiger partial charge in [-0.3, -0.25) is 10.2 Å². The maximum Gasteiger partial charge on any atom is 0.203 e. The van der Waals surface area contributed by atoms with Gasteiger partial charge in [-0.05, 0) is 42.0 Å². The van der Waals surface area contributed by atoms with Gasteiger partial charge in [0.15, 0.2) is 5.78 Å². The van der Waals surface area contributed by atoms with E-state index in [0.717, 1.165) is 15.5 Å². The molecule has 1 aliphatic carbocycles. The lowest BCUT2D eigenvalue weighted by molar-refractivity contribution is 0.0971. The fourth-order valence-corrected chi connectivity index (χ4v) is 3.88. The molecular formula is C20H20BrN3O. The van der Waals surface area contributed by atoms with E-state index in [1.807, 2.05) is 52.6 Å². The van der Waals surface area contributed by atoms with E-state index in [1.165, 1.54) is 12.0 Å². The molecule has 1 aromatic heterocycles. The molecule has 25 heavy (non-hydrogen) atoms. The Bertz CT molecular complexity index is 1030. The molecule has 4 rings (SSSR count). The van der Waals surface area contributed by atoms with Crippen molar-refractivity contribution in [2.75, 3.05) is 0 Å². The summed E-state index contributed by atoms with van der Waals surface area (Å²) in [6, 6.07) is 13.6. The van der Waals surface area contributed by atoms with Crippen LogP contribution < -0.4 is 5.62 Å². The summed E-state index contributed by atoms with van der Waals surface area (Å²) in [6.07, 6.45) is 1.20. The van der Waals surface area contributed by atoms with Gasteiger partial charge >= 0.3 is 0 Å². The van der Waals surface area contributed by atoms with E-state index in [0.29, 0.717) is 23.0 Å². The molecule has 0 amide bonds. The van der Waals surface area contributed by atoms with Crippen molar-refractivity contribution in [2.45, 2.75) is 25.8 Å². The van der Waals surface area contributed by atoms with Gasteiger partial charge in [-0.2, -0.15) is 0 Å². The highest BCUT2D eigenvalue weighted by atomic mass is 79.9. The van der Waals surface area contributed by atoms with Crippen LogP contribution >= 0.6 is 15.9 Å². The predicted molar refractivity (Wildman–Crippen MR) is 102 cm³/mol. The minimum absolute atomic E-state index is 0.0173. The first-order valence-corrected chi connectivity index (χ1v) is 9.28. The van der Waals surface area contributed by atoms with Crippen molar-refractivity contribution >= 4 is 32.7 Å². The van der Waals surface area contributed by atoms with Crippen LogP contribution in [0.5, 0.6) is 0 Å². The second-order valence-electron chi connectivity index (χ2n) is 6.93. The standard InChI is InChI=1S/C20H20BrN3O/c1-12-10-16(12)15-4-3-5-17-19(15)23(2)20(22)24(17)11-18(25)13-6-8-14(21)9-7-13/h3-9,12,16,22H,10-11H2,1-2H3. The average molecular weight is 398 g/mol. The zero-order valence-electron chi connectivity index (χ0n) is 14.3. The summed E-state index contributed by atoms with van der Waals surface area (Å²) in [4.78, 5) is 12.7. The Hall–Kier alpha value is -2.14. The number of para-hydroxylation sites is 1. The molecule has 1 N–H and O–H groups in total. The Morgan fingerprint density at radius 2 is 1.92 bits per heavy atom. The van der Waals surface area contributed by atoms with Gasteiger partial charge in [-0.1, -0.05) is 47.1 Å². The largest absolute Gasteiger partial charge is 0.313 e. The Labute approximate surface area is 154 Å². The van der Waals surface area contributed by atoms with E-state index in [9.17, 15) is 4.79 Å². The molecule has 0 aliphatic heterocycles. The normalized spacial score (nSPS) is 19.3. The molecule has 1 saturated carbocycles. The number of aromatic nitrogens is 2. The van der Waals surface area contributed by atoms with Crippen LogP contribution in [0, 0.1) is 11.3 Å². The maximum absolute atomic E-state index is 12.7. The van der Waals surface area contributed by atoms with Crippen LogP contribution in [0.4, 0.5) is 0 Å². The Kier molecular flexibility index (Phi) is 3.91. The van der Waals surface area contributed by atoms with Gasteiger partial charge in [0.2, 0.25) is 5.62 Å². The van der Waals surface area contributed by atoms with Gasteiger partial charge in [0, 0.05) is 17.1 Å². The number of ketones is 1. The molecule has 0 radical (unpaired) electrons. The minimum Gasteiger partial charge on any atom is -0.313 e. The number of carbonyl (C=O) groups excluding carboxylic acids is 1. The molecule has 2 aromatic carbocycles. The molecule has 128 valence electrons. The quantitative estimate of drug-likeness (QED) is 0.657. The van der Waals surface area contributed by atoms with Crippen LogP contribution in [0.25, 0.3) is 11.0 Å². The van der Waals surface area contributed by atoms with E-state index in [-0.39, 0.29) is 12.3 Å². The van der Waals surface area contributed by atoms with Crippen molar-refractivity contribution in [3.8, 4) is 0 Å². The number of hydrogen-bond acceptors (Lipinski definition) is 2. The van der Waals surface area contributed by atoms with Crippen molar-refractivity contribution in [3.63, 3.8) is 0 Å². The number of fused-ring (bicyclic) bond motifs is 1. The Morgan fingerprint density at radius 1 is 1.24 bits per heavy atom. The first-order chi connectivity index (χ1) is 12.0. The Balaban J connectivity index is 1.77. The third-order valence-electron chi connectivity index (χ3n) is 5.22. The van der Waals surface area contributed by atoms with Crippen LogP contribution in [0.3, 0.4) is 0 Å². The van der Waals surface area contributed by atoms with Crippen LogP contribution in [0.15, 0.2) is 46.9 Å². The van der Waals surface area contributed by atoms with E-state index in [2.05, 4.69) is 28.9 Å². The Morgan fingerprint density at radius 3 is 2.56 bits per heavy atom. The van der Waals surface area contributed by atoms with E-state index in [4.69, 9.17) is 5.41 Å². The number of halogens is 1. The molecule has 3 aromatic rings. The number of carbonyl (C=O) groups is 1. The summed E-state index contributed by atoms with van der Waals surface area (Å²) in [7, 11) is 1.92. The zero-order valence-corrected chi connectivity index (χ0v) is 15.9. The van der Waals surface area contributed by atoms with Gasteiger partial charge < -0.3 is 9.13 Å². The SMILES string of the molecule is CC1CC1c1cccc2c1n(C)c(=N)n2CC(=O)c1ccc(Br)cc1. The van der Waals surface area contributed by atoms with Crippen LogP contribution in [0.2, 0.25) is 0 Å². The van der Waals surface area contributed by atoms with E-state index >= 15 is 0 Å². The van der Waals surface area contributed by atoms with Gasteiger partial charge in [-0.15, -0.1) is 0 Å². The lowest BCUT2D eigenvalue weighted by Gasteiger charge is -2.06. The summed E-state index contributed by atoms with van der Waals surface area (Å²) in [6.45, 7) is 2.45. The van der Waals surface area contributed by atoms with Crippen molar-refractivity contribution in [1.82, 2.24) is 9.13 Å². The van der Waals surface area contributed by atoms with Gasteiger partial charge in [0.1, 0.15) is 0 Å². The molecule has 0 saturated heterocycles. The number of aryl methyl sites for hydroxylation is 1. The molecule has 1 fully saturated rings. The first-order valence-electron chi connectivity index (χ1n) is 8.49. The van der Waals surface area contributed by atoms with Gasteiger partial charge in [0.25, 0.3) is 0 Å². The summed E-state index contributed by atoms with van der Waals surface area (Å²) in [5.74, 6) is 1.29. The summed E-state index contributed by atoms with van der Waals surface area (Å²) in [5.41, 5.74) is 4.39. The number of benzene rings is 2. The maximum atomic E-state index is 12.7. The number of Topliss-reactive ketones (excluding diaryl/α,β-unsaturated/α-hetero) is 1. The zero-order chi connectivity index (χ0) is 17.7. The number of nitrogens with one attached hydrogen (secondary N) is 1. The lowest BCUT2D eigenvalue weighted by Crippen LogP contribution is -2.25. The van der Waals surface area contributed by atoms with Gasteiger partial charge in [-0.25, -0.2) is 0 Å². The van der Waals surface area contributed by atoms with Crippen molar-refractivity contribution in [1.29, 1.82) is 5.41 Å². The lowest BCUT2D eigenvalue weighted by atomic mass is 10.1. The molecule has 0 bridgehead atoms. The van der Waals surface area contributed by atoms with Crippen LogP contribution in [0.1, 0.15) is 35.2 Å². The minimum atomic E-state index is 0.0173. The van der Waals surface area contributed by atoms with Crippen molar-refractivity contribution < 1.29 is 4.79 Å². The second-order valence-corrected chi connectivity index (χ2v) is 7.85. The topological polar surface area (TPSA) is 50.8 Å². The molecule has 2 unspecified atom stereocenters. The molecule has 2 atom stereocenters. The fourth-order valence-electron chi connectivity index (χ4n) is 3.62. The van der Waals surface area contributed by atoms with Crippen molar-refractivity contribution in [3.05, 3.63) is 63.7 Å². The molecular weight excluding hydrogens is 378 g/mol. The number of hydrogen-bond donors (Lipinski definition) is 1. The van der Waals surface area contributed by atoms with E-state index in [1.54, 1.807) is 0 Å². The predicted octanol–water partition coefficient (Wildman–Crippen LogP) is 4.23. The van der Waals surface area contributed by atoms with E-state index < -0.39 is 0 Å². The highest BCUT2D eigenvalue weighted by Crippen LogP contribution is 2.48. The fraction of sp³-hybridized carbons (Fsp3) is 0.300. The third kappa shape index (κ3) is 2.76.